The second-order valence-corrected chi connectivity index (χ2v) is 9.57. The monoisotopic (exact) mass is 568 g/mol. The highest BCUT2D eigenvalue weighted by Gasteiger charge is 2.18. The average molecular weight is 569 g/mol. The lowest BCUT2D eigenvalue weighted by atomic mass is 10.0. The Balaban J connectivity index is 2.62. The SMILES string of the molecule is CC(C)C[C@@H](N)C(=O)NOc1ccc(CNC(=O)CN(CCNCC(=O)O)CCN(CC(=O)O)CC(=O)O)cc1. The van der Waals surface area contributed by atoms with Crippen LogP contribution in [-0.4, -0.2) is 113 Å². The van der Waals surface area contributed by atoms with Crippen LogP contribution in [0.15, 0.2) is 24.3 Å². The van der Waals surface area contributed by atoms with Crippen LogP contribution >= 0.6 is 0 Å². The van der Waals surface area contributed by atoms with Crippen LogP contribution in [0.4, 0.5) is 0 Å². The number of rotatable bonds is 21. The third kappa shape index (κ3) is 16.2. The number of nitrogens with two attached hydrogens (primary N) is 1. The van der Waals surface area contributed by atoms with Crippen molar-refractivity contribution >= 4 is 29.7 Å². The van der Waals surface area contributed by atoms with Crippen molar-refractivity contribution in [1.82, 2.24) is 25.9 Å². The Kier molecular flexibility index (Phi) is 15.8. The lowest BCUT2D eigenvalue weighted by Gasteiger charge is -2.25. The summed E-state index contributed by atoms with van der Waals surface area (Å²) in [6.07, 6.45) is 0.521. The second kappa shape index (κ2) is 18.5. The van der Waals surface area contributed by atoms with Crippen molar-refractivity contribution in [3.63, 3.8) is 0 Å². The number of nitrogens with one attached hydrogen (secondary N) is 3. The third-order valence-electron chi connectivity index (χ3n) is 5.44. The summed E-state index contributed by atoms with van der Waals surface area (Å²) >= 11 is 0. The van der Waals surface area contributed by atoms with Crippen LogP contribution < -0.4 is 26.7 Å². The van der Waals surface area contributed by atoms with Crippen molar-refractivity contribution < 1.29 is 44.1 Å². The molecule has 40 heavy (non-hydrogen) atoms. The van der Waals surface area contributed by atoms with Crippen LogP contribution in [0, 0.1) is 5.92 Å². The largest absolute Gasteiger partial charge is 0.480 e. The molecule has 0 aliphatic carbocycles. The molecule has 8 N–H and O–H groups in total. The number of hydrogen-bond donors (Lipinski definition) is 7. The fourth-order valence-electron chi connectivity index (χ4n) is 3.52. The van der Waals surface area contributed by atoms with Crippen molar-refractivity contribution in [2.45, 2.75) is 32.9 Å². The highest BCUT2D eigenvalue weighted by Crippen LogP contribution is 2.11. The first-order valence-electron chi connectivity index (χ1n) is 12.7. The molecular formula is C25H40N6O9. The number of carboxylic acid groups (broad SMARTS) is 3. The number of carbonyl (C=O) groups is 5. The summed E-state index contributed by atoms with van der Waals surface area (Å²) in [7, 11) is 0. The molecule has 2 amide bonds. The van der Waals surface area contributed by atoms with Crippen molar-refractivity contribution in [1.29, 1.82) is 0 Å². The van der Waals surface area contributed by atoms with E-state index in [1.165, 1.54) is 4.90 Å². The smallest absolute Gasteiger partial charge is 0.317 e. The van der Waals surface area contributed by atoms with Gasteiger partial charge in [-0.15, -0.1) is 0 Å². The zero-order valence-corrected chi connectivity index (χ0v) is 22.8. The van der Waals surface area contributed by atoms with Gasteiger partial charge in [0.1, 0.15) is 0 Å². The number of carbonyl (C=O) groups excluding carboxylic acids is 2. The first-order chi connectivity index (χ1) is 18.8. The maximum Gasteiger partial charge on any atom is 0.317 e. The Morgan fingerprint density at radius 2 is 1.48 bits per heavy atom. The summed E-state index contributed by atoms with van der Waals surface area (Å²) in [5.41, 5.74) is 8.89. The molecule has 0 saturated heterocycles. The first-order valence-corrected chi connectivity index (χ1v) is 12.7. The molecule has 0 aliphatic rings. The summed E-state index contributed by atoms with van der Waals surface area (Å²) in [6, 6.07) is 5.98. The molecule has 0 fully saturated rings. The number of aliphatic carboxylic acids is 3. The Bertz CT molecular complexity index is 958. The summed E-state index contributed by atoms with van der Waals surface area (Å²) < 4.78 is 0. The van der Waals surface area contributed by atoms with Gasteiger partial charge >= 0.3 is 17.9 Å². The van der Waals surface area contributed by atoms with Crippen LogP contribution in [0.25, 0.3) is 0 Å². The van der Waals surface area contributed by atoms with Crippen LogP contribution in [0.3, 0.4) is 0 Å². The maximum absolute atomic E-state index is 12.6. The zero-order chi connectivity index (χ0) is 30.1. The van der Waals surface area contributed by atoms with Crippen molar-refractivity contribution in [3.05, 3.63) is 29.8 Å². The highest BCUT2D eigenvalue weighted by atomic mass is 16.7. The van der Waals surface area contributed by atoms with E-state index in [2.05, 4.69) is 16.1 Å². The van der Waals surface area contributed by atoms with Crippen LogP contribution in [0.2, 0.25) is 0 Å². The van der Waals surface area contributed by atoms with Gasteiger partial charge in [0.05, 0.1) is 32.2 Å². The fourth-order valence-corrected chi connectivity index (χ4v) is 3.52. The maximum atomic E-state index is 12.6. The molecule has 0 unspecified atom stereocenters. The highest BCUT2D eigenvalue weighted by molar-refractivity contribution is 5.80. The minimum atomic E-state index is -1.18. The van der Waals surface area contributed by atoms with E-state index in [9.17, 15) is 24.0 Å². The number of nitrogens with zero attached hydrogens (tertiary/aromatic N) is 2. The Labute approximate surface area is 232 Å². The van der Waals surface area contributed by atoms with Gasteiger partial charge in [-0.1, -0.05) is 26.0 Å². The van der Waals surface area contributed by atoms with Crippen molar-refractivity contribution in [2.75, 3.05) is 52.4 Å². The number of hydroxylamine groups is 1. The fraction of sp³-hybridized carbons (Fsp3) is 0.560. The van der Waals surface area contributed by atoms with E-state index >= 15 is 0 Å². The molecule has 1 aromatic carbocycles. The quantitative estimate of drug-likeness (QED) is 0.0665. The van der Waals surface area contributed by atoms with Gasteiger partial charge in [0, 0.05) is 32.7 Å². The van der Waals surface area contributed by atoms with Gasteiger partial charge in [0.15, 0.2) is 5.75 Å². The number of amides is 2. The molecule has 0 radical (unpaired) electrons. The topological polar surface area (TPSA) is 224 Å². The summed E-state index contributed by atoms with van der Waals surface area (Å²) in [5.74, 6) is -3.52. The van der Waals surface area contributed by atoms with E-state index in [1.807, 2.05) is 13.8 Å². The summed E-state index contributed by atoms with van der Waals surface area (Å²) in [6.45, 7) is 3.60. The van der Waals surface area contributed by atoms with Gasteiger partial charge in [-0.05, 0) is 30.0 Å². The molecule has 1 rings (SSSR count). The van der Waals surface area contributed by atoms with Gasteiger partial charge in [-0.3, -0.25) is 33.8 Å². The average Bonchev–Trinajstić information content (AvgIpc) is 2.86. The normalized spacial score (nSPS) is 11.8. The molecule has 224 valence electrons. The van der Waals surface area contributed by atoms with Crippen molar-refractivity contribution in [2.24, 2.45) is 11.7 Å². The standard InChI is InChI=1S/C25H40N6O9/c1-17(2)11-20(26)25(39)29-40-19-5-3-18(4-6-19)12-28-21(32)14-30(8-7-27-13-22(33)34)9-10-31(15-23(35)36)16-24(37)38/h3-6,17,20,27H,7-16,26H2,1-2H3,(H,28,32)(H,29,39)(H,33,34)(H,35,36)(H,37,38)/t20-/m1/s1. The van der Waals surface area contributed by atoms with Crippen molar-refractivity contribution in [3.8, 4) is 5.75 Å². The molecular weight excluding hydrogens is 528 g/mol. The first kappa shape index (κ1) is 34.2. The number of hydrogen-bond acceptors (Lipinski definition) is 10. The van der Waals surface area contributed by atoms with E-state index in [0.29, 0.717) is 12.2 Å². The van der Waals surface area contributed by atoms with Crippen LogP contribution in [-0.2, 0) is 30.5 Å². The van der Waals surface area contributed by atoms with E-state index in [4.69, 9.17) is 25.9 Å². The zero-order valence-electron chi connectivity index (χ0n) is 22.8. The van der Waals surface area contributed by atoms with Crippen LogP contribution in [0.1, 0.15) is 25.8 Å². The van der Waals surface area contributed by atoms with Gasteiger partial charge in [0.25, 0.3) is 5.91 Å². The Hall–Kier alpha value is -3.79. The van der Waals surface area contributed by atoms with E-state index in [0.717, 1.165) is 5.56 Å². The van der Waals surface area contributed by atoms with Gasteiger partial charge < -0.3 is 36.5 Å². The molecule has 15 heteroatoms. The molecule has 15 nitrogen and oxygen atoms in total. The van der Waals surface area contributed by atoms with Gasteiger partial charge in [0.2, 0.25) is 5.91 Å². The number of carboxylic acids is 3. The second-order valence-electron chi connectivity index (χ2n) is 9.57. The molecule has 0 aromatic heterocycles. The predicted octanol–water partition coefficient (Wildman–Crippen LogP) is -1.47. The molecule has 0 aliphatic heterocycles. The molecule has 0 saturated carbocycles. The van der Waals surface area contributed by atoms with E-state index in [-0.39, 0.29) is 57.6 Å². The summed E-state index contributed by atoms with van der Waals surface area (Å²) in [4.78, 5) is 65.6. The van der Waals surface area contributed by atoms with Gasteiger partial charge in [-0.2, -0.15) is 5.48 Å². The third-order valence-corrected chi connectivity index (χ3v) is 5.44. The molecule has 0 bridgehead atoms. The lowest BCUT2D eigenvalue weighted by molar-refractivity contribution is -0.142. The minimum Gasteiger partial charge on any atom is -0.480 e. The van der Waals surface area contributed by atoms with E-state index in [1.54, 1.807) is 29.2 Å². The Morgan fingerprint density at radius 3 is 2.02 bits per heavy atom. The predicted molar refractivity (Wildman–Crippen MR) is 143 cm³/mol. The lowest BCUT2D eigenvalue weighted by Crippen LogP contribution is -2.45. The van der Waals surface area contributed by atoms with Gasteiger partial charge in [-0.25, -0.2) is 0 Å². The Morgan fingerprint density at radius 1 is 0.875 bits per heavy atom. The molecule has 0 heterocycles. The minimum absolute atomic E-state index is 0.0746. The van der Waals surface area contributed by atoms with E-state index < -0.39 is 42.9 Å². The molecule has 1 atom stereocenters. The molecule has 1 aromatic rings. The molecule has 0 spiro atoms. The van der Waals surface area contributed by atoms with Crippen LogP contribution in [0.5, 0.6) is 5.75 Å². The number of benzene rings is 1. The summed E-state index contributed by atoms with van der Waals surface area (Å²) in [5, 5.41) is 32.3.